The van der Waals surface area contributed by atoms with E-state index in [0.717, 1.165) is 38.5 Å². The van der Waals surface area contributed by atoms with Crippen molar-refractivity contribution >= 4 is 11.8 Å². The molecular formula is C16H26N2O3. The lowest BCUT2D eigenvalue weighted by atomic mass is 9.80. The van der Waals surface area contributed by atoms with Crippen LogP contribution in [0.2, 0.25) is 0 Å². The second kappa shape index (κ2) is 5.95. The van der Waals surface area contributed by atoms with Gasteiger partial charge in [-0.2, -0.15) is 0 Å². The first-order chi connectivity index (χ1) is 10.1. The van der Waals surface area contributed by atoms with Crippen LogP contribution in [0.25, 0.3) is 0 Å². The Bertz CT molecular complexity index is 410. The maximum Gasteiger partial charge on any atom is 0.230 e. The van der Waals surface area contributed by atoms with E-state index in [9.17, 15) is 9.59 Å². The molecule has 2 heterocycles. The molecule has 0 aromatic rings. The SMILES string of the molecule is C[C@]1(C(=O)N2CCC[C@H](OCC3CC3)C2)CCC(=O)NC1. The third-order valence-electron chi connectivity index (χ3n) is 5.03. The van der Waals surface area contributed by atoms with Gasteiger partial charge in [-0.1, -0.05) is 0 Å². The molecule has 5 nitrogen and oxygen atoms in total. The molecule has 3 rings (SSSR count). The molecule has 2 atom stereocenters. The van der Waals surface area contributed by atoms with Crippen molar-refractivity contribution < 1.29 is 14.3 Å². The fourth-order valence-corrected chi connectivity index (χ4v) is 3.24. The van der Waals surface area contributed by atoms with Crippen LogP contribution in [0.3, 0.4) is 0 Å². The summed E-state index contributed by atoms with van der Waals surface area (Å²) in [5.74, 6) is 1.01. The minimum absolute atomic E-state index is 0.0598. The Morgan fingerprint density at radius 3 is 2.90 bits per heavy atom. The summed E-state index contributed by atoms with van der Waals surface area (Å²) in [5, 5.41) is 2.83. The first-order valence-electron chi connectivity index (χ1n) is 8.24. The number of carbonyl (C=O) groups is 2. The molecule has 0 aromatic carbocycles. The minimum Gasteiger partial charge on any atom is -0.376 e. The van der Waals surface area contributed by atoms with Gasteiger partial charge in [0.2, 0.25) is 11.8 Å². The van der Waals surface area contributed by atoms with Crippen molar-refractivity contribution in [3.8, 4) is 0 Å². The number of likely N-dealkylation sites (tertiary alicyclic amines) is 1. The van der Waals surface area contributed by atoms with Gasteiger partial charge in [0, 0.05) is 32.7 Å². The maximum absolute atomic E-state index is 12.8. The van der Waals surface area contributed by atoms with Crippen LogP contribution in [0.1, 0.15) is 45.4 Å². The van der Waals surface area contributed by atoms with Crippen LogP contribution >= 0.6 is 0 Å². The first kappa shape index (κ1) is 14.8. The van der Waals surface area contributed by atoms with E-state index in [-0.39, 0.29) is 17.9 Å². The van der Waals surface area contributed by atoms with Gasteiger partial charge in [0.05, 0.1) is 11.5 Å². The highest BCUT2D eigenvalue weighted by atomic mass is 16.5. The molecule has 0 spiro atoms. The quantitative estimate of drug-likeness (QED) is 0.851. The third-order valence-corrected chi connectivity index (χ3v) is 5.03. The zero-order chi connectivity index (χ0) is 14.9. The van der Waals surface area contributed by atoms with E-state index in [1.54, 1.807) is 0 Å². The smallest absolute Gasteiger partial charge is 0.230 e. The van der Waals surface area contributed by atoms with E-state index in [4.69, 9.17) is 4.74 Å². The van der Waals surface area contributed by atoms with E-state index >= 15 is 0 Å². The zero-order valence-electron chi connectivity index (χ0n) is 12.9. The highest BCUT2D eigenvalue weighted by Crippen LogP contribution is 2.32. The van der Waals surface area contributed by atoms with Crippen LogP contribution in [0.5, 0.6) is 0 Å². The second-order valence-electron chi connectivity index (χ2n) is 7.13. The molecular weight excluding hydrogens is 268 g/mol. The molecule has 5 heteroatoms. The lowest BCUT2D eigenvalue weighted by Gasteiger charge is -2.40. The van der Waals surface area contributed by atoms with Crippen molar-refractivity contribution in [2.45, 2.75) is 51.6 Å². The highest BCUT2D eigenvalue weighted by molar-refractivity contribution is 5.86. The van der Waals surface area contributed by atoms with E-state index in [0.29, 0.717) is 19.4 Å². The molecule has 21 heavy (non-hydrogen) atoms. The summed E-state index contributed by atoms with van der Waals surface area (Å²) in [5.41, 5.74) is -0.438. The molecule has 0 bridgehead atoms. The normalized spacial score (nSPS) is 33.7. The summed E-state index contributed by atoms with van der Waals surface area (Å²) in [4.78, 5) is 26.1. The third kappa shape index (κ3) is 3.57. The topological polar surface area (TPSA) is 58.6 Å². The van der Waals surface area contributed by atoms with Crippen molar-refractivity contribution in [2.75, 3.05) is 26.2 Å². The summed E-state index contributed by atoms with van der Waals surface area (Å²) in [6.07, 6.45) is 5.98. The Balaban J connectivity index is 1.54. The van der Waals surface area contributed by atoms with Gasteiger partial charge in [0.25, 0.3) is 0 Å². The molecule has 3 aliphatic rings. The monoisotopic (exact) mass is 294 g/mol. The molecule has 3 fully saturated rings. The average Bonchev–Trinajstić information content (AvgIpc) is 3.32. The van der Waals surface area contributed by atoms with Crippen molar-refractivity contribution in [1.29, 1.82) is 0 Å². The fraction of sp³-hybridized carbons (Fsp3) is 0.875. The second-order valence-corrected chi connectivity index (χ2v) is 7.13. The number of hydrogen-bond donors (Lipinski definition) is 1. The van der Waals surface area contributed by atoms with E-state index in [1.165, 1.54) is 12.8 Å². The summed E-state index contributed by atoms with van der Waals surface area (Å²) < 4.78 is 5.96. The Morgan fingerprint density at radius 2 is 2.24 bits per heavy atom. The average molecular weight is 294 g/mol. The standard InChI is InChI=1S/C16H26N2O3/c1-16(7-6-14(19)17-11-16)15(20)18-8-2-3-13(9-18)21-10-12-4-5-12/h12-13H,2-11H2,1H3,(H,17,19)/t13-,16-/m0/s1. The molecule has 0 unspecified atom stereocenters. The van der Waals surface area contributed by atoms with Gasteiger partial charge in [-0.05, 0) is 44.9 Å². The Morgan fingerprint density at radius 1 is 1.43 bits per heavy atom. The van der Waals surface area contributed by atoms with Crippen LogP contribution in [0.4, 0.5) is 0 Å². The summed E-state index contributed by atoms with van der Waals surface area (Å²) in [6.45, 7) is 4.85. The Kier molecular flexibility index (Phi) is 4.20. The molecule has 2 aliphatic heterocycles. The largest absolute Gasteiger partial charge is 0.376 e. The number of ether oxygens (including phenoxy) is 1. The lowest BCUT2D eigenvalue weighted by Crippen LogP contribution is -2.54. The van der Waals surface area contributed by atoms with Crippen molar-refractivity contribution in [3.05, 3.63) is 0 Å². The molecule has 0 aromatic heterocycles. The predicted octanol–water partition coefficient (Wildman–Crippen LogP) is 1.32. The number of piperidine rings is 2. The zero-order valence-corrected chi connectivity index (χ0v) is 12.9. The summed E-state index contributed by atoms with van der Waals surface area (Å²) in [7, 11) is 0. The number of nitrogens with zero attached hydrogens (tertiary/aromatic N) is 1. The van der Waals surface area contributed by atoms with Gasteiger partial charge in [-0.15, -0.1) is 0 Å². The molecule has 0 radical (unpaired) electrons. The van der Waals surface area contributed by atoms with E-state index in [2.05, 4.69) is 5.32 Å². The van der Waals surface area contributed by atoms with Gasteiger partial charge in [0.1, 0.15) is 0 Å². The predicted molar refractivity (Wildman–Crippen MR) is 78.6 cm³/mol. The van der Waals surface area contributed by atoms with Crippen molar-refractivity contribution in [1.82, 2.24) is 10.2 Å². The lowest BCUT2D eigenvalue weighted by molar-refractivity contribution is -0.148. The Labute approximate surface area is 126 Å². The number of carbonyl (C=O) groups excluding carboxylic acids is 2. The van der Waals surface area contributed by atoms with E-state index in [1.807, 2.05) is 11.8 Å². The van der Waals surface area contributed by atoms with Crippen LogP contribution in [0.15, 0.2) is 0 Å². The highest BCUT2D eigenvalue weighted by Gasteiger charge is 2.41. The van der Waals surface area contributed by atoms with Crippen LogP contribution in [-0.4, -0.2) is 49.1 Å². The van der Waals surface area contributed by atoms with Gasteiger partial charge in [0.15, 0.2) is 0 Å². The molecule has 1 aliphatic carbocycles. The van der Waals surface area contributed by atoms with E-state index < -0.39 is 5.41 Å². The maximum atomic E-state index is 12.8. The van der Waals surface area contributed by atoms with Crippen LogP contribution in [0, 0.1) is 11.3 Å². The van der Waals surface area contributed by atoms with Gasteiger partial charge in [-0.25, -0.2) is 0 Å². The van der Waals surface area contributed by atoms with Crippen molar-refractivity contribution in [3.63, 3.8) is 0 Å². The van der Waals surface area contributed by atoms with Crippen molar-refractivity contribution in [2.24, 2.45) is 11.3 Å². The molecule has 1 N–H and O–H groups in total. The molecule has 2 amide bonds. The Hall–Kier alpha value is -1.10. The number of nitrogens with one attached hydrogen (secondary N) is 1. The summed E-state index contributed by atoms with van der Waals surface area (Å²) >= 11 is 0. The molecule has 1 saturated carbocycles. The van der Waals surface area contributed by atoms with Gasteiger partial charge in [-0.3, -0.25) is 9.59 Å². The van der Waals surface area contributed by atoms with Gasteiger partial charge >= 0.3 is 0 Å². The fourth-order valence-electron chi connectivity index (χ4n) is 3.24. The van der Waals surface area contributed by atoms with Crippen LogP contribution in [-0.2, 0) is 14.3 Å². The number of hydrogen-bond acceptors (Lipinski definition) is 3. The number of rotatable bonds is 4. The molecule has 118 valence electrons. The van der Waals surface area contributed by atoms with Crippen LogP contribution < -0.4 is 5.32 Å². The minimum atomic E-state index is -0.438. The van der Waals surface area contributed by atoms with Gasteiger partial charge < -0.3 is 15.0 Å². The summed E-state index contributed by atoms with van der Waals surface area (Å²) in [6, 6.07) is 0. The molecule has 2 saturated heterocycles. The number of amides is 2. The first-order valence-corrected chi connectivity index (χ1v) is 8.24.